The Bertz CT molecular complexity index is 386. The van der Waals surface area contributed by atoms with Gasteiger partial charge in [-0.05, 0) is 19.1 Å². The first-order chi connectivity index (χ1) is 7.72. The second-order valence-electron chi connectivity index (χ2n) is 2.85. The van der Waals surface area contributed by atoms with Crippen LogP contribution < -0.4 is 4.74 Å². The summed E-state index contributed by atoms with van der Waals surface area (Å²) in [7, 11) is 1.40. The molecule has 0 spiro atoms. The van der Waals surface area contributed by atoms with Crippen molar-refractivity contribution in [2.75, 3.05) is 13.7 Å². The van der Waals surface area contributed by atoms with Crippen molar-refractivity contribution in [1.82, 2.24) is 0 Å². The summed E-state index contributed by atoms with van der Waals surface area (Å²) in [6, 6.07) is 4.40. The summed E-state index contributed by atoms with van der Waals surface area (Å²) < 4.78 is 4.97. The zero-order valence-corrected chi connectivity index (χ0v) is 9.06. The average molecular weight is 224 g/mol. The van der Waals surface area contributed by atoms with Gasteiger partial charge >= 0.3 is 5.97 Å². The Hall–Kier alpha value is -1.88. The Labute approximate surface area is 92.8 Å². The van der Waals surface area contributed by atoms with Crippen LogP contribution in [0.15, 0.2) is 18.2 Å². The number of carbonyl (C=O) groups is 2. The second-order valence-corrected chi connectivity index (χ2v) is 2.85. The molecule has 1 aromatic carbocycles. The topological polar surface area (TPSA) is 61.8 Å². The van der Waals surface area contributed by atoms with Gasteiger partial charge in [0.1, 0.15) is 17.6 Å². The molecule has 0 unspecified atom stereocenters. The highest BCUT2D eigenvalue weighted by atomic mass is 17.2. The van der Waals surface area contributed by atoms with E-state index in [0.29, 0.717) is 11.8 Å². The molecular weight excluding hydrogens is 212 g/mol. The highest BCUT2D eigenvalue weighted by Gasteiger charge is 2.15. The van der Waals surface area contributed by atoms with Gasteiger partial charge < -0.3 is 4.74 Å². The van der Waals surface area contributed by atoms with Crippen molar-refractivity contribution in [2.24, 2.45) is 0 Å². The van der Waals surface area contributed by atoms with Gasteiger partial charge in [0.2, 0.25) is 0 Å². The number of benzene rings is 1. The third-order valence-corrected chi connectivity index (χ3v) is 1.83. The van der Waals surface area contributed by atoms with E-state index in [4.69, 9.17) is 4.74 Å². The summed E-state index contributed by atoms with van der Waals surface area (Å²) >= 11 is 0. The molecule has 0 aromatic heterocycles. The lowest BCUT2D eigenvalue weighted by Gasteiger charge is -2.07. The SMILES string of the molecule is CCOOC(=O)c1ccc(C=O)cc1OC. The lowest BCUT2D eigenvalue weighted by Crippen LogP contribution is -2.08. The maximum Gasteiger partial charge on any atom is 0.376 e. The number of methoxy groups -OCH3 is 1. The first-order valence-corrected chi connectivity index (χ1v) is 4.70. The van der Waals surface area contributed by atoms with Gasteiger partial charge in [0.05, 0.1) is 13.7 Å². The molecule has 16 heavy (non-hydrogen) atoms. The molecule has 86 valence electrons. The van der Waals surface area contributed by atoms with E-state index in [1.807, 2.05) is 0 Å². The van der Waals surface area contributed by atoms with Crippen molar-refractivity contribution in [2.45, 2.75) is 6.92 Å². The number of ether oxygens (including phenoxy) is 1. The lowest BCUT2D eigenvalue weighted by atomic mass is 10.1. The Balaban J connectivity index is 2.94. The number of hydrogen-bond donors (Lipinski definition) is 0. The Morgan fingerprint density at radius 3 is 2.75 bits per heavy atom. The summed E-state index contributed by atoms with van der Waals surface area (Å²) in [5, 5.41) is 0. The molecule has 0 atom stereocenters. The first-order valence-electron chi connectivity index (χ1n) is 4.70. The Morgan fingerprint density at radius 1 is 1.44 bits per heavy atom. The molecule has 0 radical (unpaired) electrons. The smallest absolute Gasteiger partial charge is 0.376 e. The number of carbonyl (C=O) groups excluding carboxylic acids is 2. The Kier molecular flexibility index (Phi) is 4.47. The van der Waals surface area contributed by atoms with E-state index < -0.39 is 5.97 Å². The van der Waals surface area contributed by atoms with Gasteiger partial charge in [0.15, 0.2) is 0 Å². The van der Waals surface area contributed by atoms with Gasteiger partial charge in [-0.2, -0.15) is 4.89 Å². The summed E-state index contributed by atoms with van der Waals surface area (Å²) in [6.45, 7) is 1.96. The van der Waals surface area contributed by atoms with E-state index in [2.05, 4.69) is 9.78 Å². The minimum Gasteiger partial charge on any atom is -0.496 e. The minimum atomic E-state index is -0.656. The van der Waals surface area contributed by atoms with Gasteiger partial charge in [-0.1, -0.05) is 6.07 Å². The standard InChI is InChI=1S/C11H12O5/c1-3-15-16-11(13)9-5-4-8(7-12)6-10(9)14-2/h4-7H,3H2,1-2H3. The van der Waals surface area contributed by atoms with Crippen LogP contribution in [0.3, 0.4) is 0 Å². The molecule has 0 aliphatic carbocycles. The van der Waals surface area contributed by atoms with Crippen molar-refractivity contribution in [3.63, 3.8) is 0 Å². The van der Waals surface area contributed by atoms with E-state index in [9.17, 15) is 9.59 Å². The fourth-order valence-electron chi connectivity index (χ4n) is 1.11. The zero-order valence-electron chi connectivity index (χ0n) is 9.06. The van der Waals surface area contributed by atoms with Crippen LogP contribution in [0.2, 0.25) is 0 Å². The fraction of sp³-hybridized carbons (Fsp3) is 0.273. The number of rotatable bonds is 5. The molecule has 1 aromatic rings. The Morgan fingerprint density at radius 2 is 2.19 bits per heavy atom. The summed E-state index contributed by atoms with van der Waals surface area (Å²) in [4.78, 5) is 31.0. The summed E-state index contributed by atoms with van der Waals surface area (Å²) in [5.74, 6) is -0.384. The summed E-state index contributed by atoms with van der Waals surface area (Å²) in [6.07, 6.45) is 0.667. The predicted octanol–water partition coefficient (Wildman–Crippen LogP) is 1.62. The normalized spacial score (nSPS) is 9.62. The molecule has 0 amide bonds. The van der Waals surface area contributed by atoms with Crippen LogP contribution in [0.1, 0.15) is 27.6 Å². The average Bonchev–Trinajstić information content (AvgIpc) is 2.34. The molecular formula is C11H12O5. The van der Waals surface area contributed by atoms with Gasteiger partial charge in [-0.3, -0.25) is 9.68 Å². The van der Waals surface area contributed by atoms with Crippen molar-refractivity contribution < 1.29 is 24.1 Å². The van der Waals surface area contributed by atoms with Crippen LogP contribution in [-0.4, -0.2) is 26.0 Å². The lowest BCUT2D eigenvalue weighted by molar-refractivity contribution is -0.236. The van der Waals surface area contributed by atoms with Gasteiger partial charge in [0.25, 0.3) is 0 Å². The maximum absolute atomic E-state index is 11.5. The zero-order chi connectivity index (χ0) is 12.0. The molecule has 0 saturated heterocycles. The van der Waals surface area contributed by atoms with E-state index in [1.165, 1.54) is 25.3 Å². The van der Waals surface area contributed by atoms with Crippen LogP contribution in [0.5, 0.6) is 5.75 Å². The molecule has 5 nitrogen and oxygen atoms in total. The second kappa shape index (κ2) is 5.87. The molecule has 5 heteroatoms. The van der Waals surface area contributed by atoms with E-state index in [-0.39, 0.29) is 17.9 Å². The molecule has 0 fully saturated rings. The molecule has 0 saturated carbocycles. The van der Waals surface area contributed by atoms with Crippen LogP contribution in [-0.2, 0) is 9.78 Å². The molecule has 1 rings (SSSR count). The first kappa shape index (κ1) is 12.2. The van der Waals surface area contributed by atoms with E-state index in [0.717, 1.165) is 0 Å². The van der Waals surface area contributed by atoms with E-state index >= 15 is 0 Å². The number of hydrogen-bond acceptors (Lipinski definition) is 5. The maximum atomic E-state index is 11.5. The molecule has 0 N–H and O–H groups in total. The van der Waals surface area contributed by atoms with Crippen LogP contribution in [0, 0.1) is 0 Å². The predicted molar refractivity (Wildman–Crippen MR) is 55.4 cm³/mol. The highest BCUT2D eigenvalue weighted by molar-refractivity contribution is 5.93. The van der Waals surface area contributed by atoms with Crippen LogP contribution >= 0.6 is 0 Å². The number of aldehydes is 1. The molecule has 0 bridgehead atoms. The van der Waals surface area contributed by atoms with Crippen molar-refractivity contribution in [3.8, 4) is 5.75 Å². The van der Waals surface area contributed by atoms with Crippen molar-refractivity contribution in [1.29, 1.82) is 0 Å². The van der Waals surface area contributed by atoms with Gasteiger partial charge in [0, 0.05) is 5.56 Å². The van der Waals surface area contributed by atoms with Gasteiger partial charge in [-0.15, -0.1) is 0 Å². The van der Waals surface area contributed by atoms with Crippen LogP contribution in [0.25, 0.3) is 0 Å². The van der Waals surface area contributed by atoms with Crippen molar-refractivity contribution in [3.05, 3.63) is 29.3 Å². The third kappa shape index (κ3) is 2.80. The fourth-order valence-corrected chi connectivity index (χ4v) is 1.11. The monoisotopic (exact) mass is 224 g/mol. The molecule has 0 heterocycles. The molecule has 0 aliphatic heterocycles. The quantitative estimate of drug-likeness (QED) is 0.432. The van der Waals surface area contributed by atoms with E-state index in [1.54, 1.807) is 6.92 Å². The largest absolute Gasteiger partial charge is 0.496 e. The summed E-state index contributed by atoms with van der Waals surface area (Å²) in [5.41, 5.74) is 0.631. The third-order valence-electron chi connectivity index (χ3n) is 1.83. The highest BCUT2D eigenvalue weighted by Crippen LogP contribution is 2.20. The van der Waals surface area contributed by atoms with Crippen molar-refractivity contribution >= 4 is 12.3 Å². The van der Waals surface area contributed by atoms with Gasteiger partial charge in [-0.25, -0.2) is 4.79 Å². The minimum absolute atomic E-state index is 0.210. The van der Waals surface area contributed by atoms with Crippen LogP contribution in [0.4, 0.5) is 0 Å². The molecule has 0 aliphatic rings.